The third-order valence-electron chi connectivity index (χ3n) is 2.86. The average Bonchev–Trinajstić information content (AvgIpc) is 2.19. The van der Waals surface area contributed by atoms with E-state index in [9.17, 15) is 0 Å². The molecule has 0 aromatic heterocycles. The lowest BCUT2D eigenvalue weighted by Crippen LogP contribution is -2.62. The molecule has 13 heavy (non-hydrogen) atoms. The molecule has 2 rings (SSSR count). The first-order chi connectivity index (χ1) is 6.35. The molecular formula is C9H15N3O. The van der Waals surface area contributed by atoms with Crippen LogP contribution in [-0.2, 0) is 4.74 Å². The summed E-state index contributed by atoms with van der Waals surface area (Å²) in [6, 6.07) is 2.10. The number of ether oxygens (including phenoxy) is 1. The molecule has 4 heteroatoms. The summed E-state index contributed by atoms with van der Waals surface area (Å²) in [6.45, 7) is 3.33. The van der Waals surface area contributed by atoms with Crippen LogP contribution in [0.25, 0.3) is 0 Å². The Bertz CT molecular complexity index is 212. The van der Waals surface area contributed by atoms with Crippen LogP contribution in [0.2, 0.25) is 0 Å². The number of morpholine rings is 1. The minimum absolute atomic E-state index is 0.0733. The van der Waals surface area contributed by atoms with Gasteiger partial charge in [0, 0.05) is 5.54 Å². The Hall–Kier alpha value is -0.630. The highest BCUT2D eigenvalue weighted by atomic mass is 16.5. The Balaban J connectivity index is 2.00. The van der Waals surface area contributed by atoms with Gasteiger partial charge in [0.2, 0.25) is 0 Å². The fraction of sp³-hybridized carbons (Fsp3) is 0.889. The molecule has 0 aliphatic carbocycles. The van der Waals surface area contributed by atoms with E-state index in [-0.39, 0.29) is 11.6 Å². The first-order valence-corrected chi connectivity index (χ1v) is 4.80. The molecule has 72 valence electrons. The predicted octanol–water partition coefficient (Wildman–Crippen LogP) is -0.379. The maximum atomic E-state index is 8.80. The Labute approximate surface area is 78.3 Å². The van der Waals surface area contributed by atoms with Gasteiger partial charge in [-0.3, -0.25) is 5.32 Å². The Kier molecular flexibility index (Phi) is 2.49. The smallest absolute Gasteiger partial charge is 0.119 e. The number of hydrogen-bond donors (Lipinski definition) is 2. The molecule has 4 nitrogen and oxygen atoms in total. The maximum absolute atomic E-state index is 8.80. The second-order valence-electron chi connectivity index (χ2n) is 3.87. The standard InChI is InChI=1S/C9H15N3O/c10-5-8-6-13-7-9(12-8)1-3-11-4-2-9/h8,11-12H,1-4,6-7H2. The third kappa shape index (κ3) is 1.83. The van der Waals surface area contributed by atoms with Crippen LogP contribution in [0.5, 0.6) is 0 Å². The van der Waals surface area contributed by atoms with Gasteiger partial charge in [-0.15, -0.1) is 0 Å². The summed E-state index contributed by atoms with van der Waals surface area (Å²) in [4.78, 5) is 0. The van der Waals surface area contributed by atoms with E-state index in [0.717, 1.165) is 32.5 Å². The van der Waals surface area contributed by atoms with Crippen LogP contribution in [0.4, 0.5) is 0 Å². The molecule has 0 aromatic rings. The van der Waals surface area contributed by atoms with Crippen LogP contribution in [0, 0.1) is 11.3 Å². The van der Waals surface area contributed by atoms with Gasteiger partial charge in [-0.2, -0.15) is 5.26 Å². The molecule has 1 spiro atoms. The summed E-state index contributed by atoms with van der Waals surface area (Å²) < 4.78 is 5.45. The van der Waals surface area contributed by atoms with Crippen molar-refractivity contribution >= 4 is 0 Å². The molecule has 1 atom stereocenters. The van der Waals surface area contributed by atoms with Gasteiger partial charge in [0.1, 0.15) is 6.04 Å². The van der Waals surface area contributed by atoms with Crippen molar-refractivity contribution in [3.63, 3.8) is 0 Å². The van der Waals surface area contributed by atoms with Crippen LogP contribution in [0.15, 0.2) is 0 Å². The Morgan fingerprint density at radius 2 is 2.15 bits per heavy atom. The minimum Gasteiger partial charge on any atom is -0.377 e. The van der Waals surface area contributed by atoms with Gasteiger partial charge in [-0.25, -0.2) is 0 Å². The zero-order valence-electron chi connectivity index (χ0n) is 7.68. The predicted molar refractivity (Wildman–Crippen MR) is 48.2 cm³/mol. The molecule has 0 radical (unpaired) electrons. The summed E-state index contributed by atoms with van der Waals surface area (Å²) >= 11 is 0. The molecule has 0 aromatic carbocycles. The minimum atomic E-state index is -0.119. The van der Waals surface area contributed by atoms with Crippen LogP contribution < -0.4 is 10.6 Å². The largest absolute Gasteiger partial charge is 0.377 e. The lowest BCUT2D eigenvalue weighted by molar-refractivity contribution is -0.00214. The second kappa shape index (κ2) is 3.62. The summed E-state index contributed by atoms with van der Waals surface area (Å²) in [5.41, 5.74) is 0.0733. The van der Waals surface area contributed by atoms with Crippen LogP contribution in [0.1, 0.15) is 12.8 Å². The molecule has 2 N–H and O–H groups in total. The molecule has 1 unspecified atom stereocenters. The second-order valence-corrected chi connectivity index (χ2v) is 3.87. The van der Waals surface area contributed by atoms with Crippen LogP contribution in [0.3, 0.4) is 0 Å². The SMILES string of the molecule is N#CC1COCC2(CCNCC2)N1. The number of nitriles is 1. The van der Waals surface area contributed by atoms with E-state index in [2.05, 4.69) is 16.7 Å². The first-order valence-electron chi connectivity index (χ1n) is 4.80. The Morgan fingerprint density at radius 1 is 1.38 bits per heavy atom. The normalized spacial score (nSPS) is 32.7. The Morgan fingerprint density at radius 3 is 2.85 bits per heavy atom. The lowest BCUT2D eigenvalue weighted by atomic mass is 9.87. The molecule has 0 amide bonds. The quantitative estimate of drug-likeness (QED) is 0.535. The van der Waals surface area contributed by atoms with Crippen molar-refractivity contribution < 1.29 is 4.74 Å². The molecule has 2 saturated heterocycles. The third-order valence-corrected chi connectivity index (χ3v) is 2.86. The lowest BCUT2D eigenvalue weighted by Gasteiger charge is -2.43. The van der Waals surface area contributed by atoms with Crippen molar-refractivity contribution in [2.75, 3.05) is 26.3 Å². The summed E-state index contributed by atoms with van der Waals surface area (Å²) in [6.07, 6.45) is 2.12. The van der Waals surface area contributed by atoms with Gasteiger partial charge in [-0.1, -0.05) is 0 Å². The van der Waals surface area contributed by atoms with Crippen LogP contribution >= 0.6 is 0 Å². The molecule has 2 aliphatic heterocycles. The highest BCUT2D eigenvalue weighted by molar-refractivity contribution is 5.03. The highest BCUT2D eigenvalue weighted by Gasteiger charge is 2.37. The van der Waals surface area contributed by atoms with E-state index in [4.69, 9.17) is 10.00 Å². The van der Waals surface area contributed by atoms with Gasteiger partial charge in [0.25, 0.3) is 0 Å². The van der Waals surface area contributed by atoms with Crippen molar-refractivity contribution in [2.24, 2.45) is 0 Å². The number of nitrogens with one attached hydrogen (secondary N) is 2. The highest BCUT2D eigenvalue weighted by Crippen LogP contribution is 2.22. The zero-order chi connectivity index (χ0) is 9.15. The van der Waals surface area contributed by atoms with E-state index < -0.39 is 0 Å². The molecule has 0 bridgehead atoms. The van der Waals surface area contributed by atoms with Gasteiger partial charge < -0.3 is 10.1 Å². The topological polar surface area (TPSA) is 57.1 Å². The maximum Gasteiger partial charge on any atom is 0.119 e. The van der Waals surface area contributed by atoms with E-state index in [0.29, 0.717) is 6.61 Å². The van der Waals surface area contributed by atoms with E-state index in [1.54, 1.807) is 0 Å². The summed E-state index contributed by atoms with van der Waals surface area (Å²) in [5, 5.41) is 15.5. The number of nitrogens with zero attached hydrogens (tertiary/aromatic N) is 1. The van der Waals surface area contributed by atoms with Gasteiger partial charge in [0.05, 0.1) is 19.3 Å². The van der Waals surface area contributed by atoms with E-state index in [1.165, 1.54) is 0 Å². The van der Waals surface area contributed by atoms with Gasteiger partial charge >= 0.3 is 0 Å². The summed E-state index contributed by atoms with van der Waals surface area (Å²) in [5.74, 6) is 0. The van der Waals surface area contributed by atoms with E-state index in [1.807, 2.05) is 0 Å². The van der Waals surface area contributed by atoms with Crippen molar-refractivity contribution in [3.05, 3.63) is 0 Å². The van der Waals surface area contributed by atoms with Crippen LogP contribution in [-0.4, -0.2) is 37.9 Å². The van der Waals surface area contributed by atoms with Crippen molar-refractivity contribution in [1.29, 1.82) is 5.26 Å². The number of piperidine rings is 1. The average molecular weight is 181 g/mol. The monoisotopic (exact) mass is 181 g/mol. The number of hydrogen-bond acceptors (Lipinski definition) is 4. The van der Waals surface area contributed by atoms with Crippen molar-refractivity contribution in [1.82, 2.24) is 10.6 Å². The first kappa shape index (κ1) is 8.95. The molecule has 0 saturated carbocycles. The van der Waals surface area contributed by atoms with Crippen molar-refractivity contribution in [2.45, 2.75) is 24.4 Å². The van der Waals surface area contributed by atoms with Crippen molar-refractivity contribution in [3.8, 4) is 6.07 Å². The number of rotatable bonds is 0. The molecule has 2 fully saturated rings. The molecule has 2 heterocycles. The van der Waals surface area contributed by atoms with E-state index >= 15 is 0 Å². The molecule has 2 aliphatic rings. The fourth-order valence-electron chi connectivity index (χ4n) is 2.09. The van der Waals surface area contributed by atoms with Gasteiger partial charge in [-0.05, 0) is 25.9 Å². The molecular weight excluding hydrogens is 166 g/mol. The zero-order valence-corrected chi connectivity index (χ0v) is 7.68. The fourth-order valence-corrected chi connectivity index (χ4v) is 2.09. The van der Waals surface area contributed by atoms with Gasteiger partial charge in [0.15, 0.2) is 0 Å². The summed E-state index contributed by atoms with van der Waals surface area (Å²) in [7, 11) is 0.